The average Bonchev–Trinajstić information content (AvgIpc) is 3.03. The summed E-state index contributed by atoms with van der Waals surface area (Å²) >= 11 is 0. The van der Waals surface area contributed by atoms with E-state index in [4.69, 9.17) is 0 Å². The first-order valence-corrected chi connectivity index (χ1v) is 8.46. The van der Waals surface area contributed by atoms with Crippen LogP contribution in [0.15, 0.2) is 18.3 Å². The second-order valence-corrected chi connectivity index (χ2v) is 6.63. The third kappa shape index (κ3) is 4.02. The van der Waals surface area contributed by atoms with Gasteiger partial charge in [-0.05, 0) is 45.6 Å². The molecule has 27 heavy (non-hydrogen) atoms. The molecule has 0 atom stereocenters. The molecule has 0 saturated heterocycles. The number of aromatic nitrogens is 4. The van der Waals surface area contributed by atoms with Crippen molar-refractivity contribution in [2.24, 2.45) is 0 Å². The van der Waals surface area contributed by atoms with Gasteiger partial charge in [-0.1, -0.05) is 0 Å². The maximum Gasteiger partial charge on any atom is 0.451 e. The van der Waals surface area contributed by atoms with Crippen molar-refractivity contribution in [1.82, 2.24) is 24.8 Å². The monoisotopic (exact) mass is 378 g/mol. The van der Waals surface area contributed by atoms with Crippen molar-refractivity contribution < 1.29 is 13.2 Å². The zero-order valence-electron chi connectivity index (χ0n) is 15.6. The fraction of sp³-hybridized carbons (Fsp3) is 0.389. The Bertz CT molecular complexity index is 962. The molecule has 0 amide bonds. The second kappa shape index (κ2) is 7.15. The van der Waals surface area contributed by atoms with Crippen molar-refractivity contribution in [2.75, 3.05) is 32.5 Å². The Kier molecular flexibility index (Phi) is 5.05. The van der Waals surface area contributed by atoms with Gasteiger partial charge < -0.3 is 15.2 Å². The van der Waals surface area contributed by atoms with E-state index < -0.39 is 12.0 Å². The van der Waals surface area contributed by atoms with E-state index in [0.29, 0.717) is 40.2 Å². The van der Waals surface area contributed by atoms with Crippen LogP contribution in [0.3, 0.4) is 0 Å². The Morgan fingerprint density at radius 2 is 1.89 bits per heavy atom. The number of aromatic amines is 1. The number of hydrogen-bond donors (Lipinski definition) is 2. The summed E-state index contributed by atoms with van der Waals surface area (Å²) in [6.45, 7) is 4.73. The van der Waals surface area contributed by atoms with Crippen molar-refractivity contribution in [3.05, 3.63) is 35.4 Å². The minimum atomic E-state index is -4.61. The quantitative estimate of drug-likeness (QED) is 0.710. The van der Waals surface area contributed by atoms with Crippen LogP contribution in [-0.2, 0) is 6.18 Å². The summed E-state index contributed by atoms with van der Waals surface area (Å²) in [5.74, 6) is -0.561. The SMILES string of the molecule is Cc1nc(C(F)(F)F)nc(-c2cc(NCCN(C)C)nc3[nH]ccc23)c1C. The molecule has 144 valence electrons. The summed E-state index contributed by atoms with van der Waals surface area (Å²) in [6, 6.07) is 3.52. The summed E-state index contributed by atoms with van der Waals surface area (Å²) in [4.78, 5) is 17.0. The number of likely N-dealkylation sites (N-methyl/N-ethyl adjacent to an activating group) is 1. The summed E-state index contributed by atoms with van der Waals surface area (Å²) in [7, 11) is 3.92. The van der Waals surface area contributed by atoms with E-state index in [1.807, 2.05) is 19.0 Å². The fourth-order valence-corrected chi connectivity index (χ4v) is 2.75. The lowest BCUT2D eigenvalue weighted by molar-refractivity contribution is -0.145. The predicted molar refractivity (Wildman–Crippen MR) is 98.6 cm³/mol. The van der Waals surface area contributed by atoms with Crippen LogP contribution in [0.2, 0.25) is 0 Å². The van der Waals surface area contributed by atoms with E-state index in [1.54, 1.807) is 32.2 Å². The zero-order valence-corrected chi connectivity index (χ0v) is 15.6. The first-order valence-electron chi connectivity index (χ1n) is 8.46. The van der Waals surface area contributed by atoms with E-state index in [-0.39, 0.29) is 5.69 Å². The van der Waals surface area contributed by atoms with E-state index in [0.717, 1.165) is 6.54 Å². The molecule has 0 aliphatic carbocycles. The Morgan fingerprint density at radius 1 is 1.15 bits per heavy atom. The van der Waals surface area contributed by atoms with Crippen molar-refractivity contribution in [2.45, 2.75) is 20.0 Å². The zero-order chi connectivity index (χ0) is 19.8. The van der Waals surface area contributed by atoms with Gasteiger partial charge in [-0.15, -0.1) is 0 Å². The van der Waals surface area contributed by atoms with Crippen molar-refractivity contribution >= 4 is 16.9 Å². The number of pyridine rings is 1. The second-order valence-electron chi connectivity index (χ2n) is 6.63. The highest BCUT2D eigenvalue weighted by Gasteiger charge is 2.36. The maximum absolute atomic E-state index is 13.2. The number of aryl methyl sites for hydroxylation is 1. The lowest BCUT2D eigenvalue weighted by atomic mass is 10.0. The van der Waals surface area contributed by atoms with Crippen LogP contribution in [0.5, 0.6) is 0 Å². The highest BCUT2D eigenvalue weighted by atomic mass is 19.4. The van der Waals surface area contributed by atoms with Crippen LogP contribution >= 0.6 is 0 Å². The Labute approximate surface area is 154 Å². The van der Waals surface area contributed by atoms with Gasteiger partial charge in [0.15, 0.2) is 0 Å². The first-order chi connectivity index (χ1) is 12.7. The lowest BCUT2D eigenvalue weighted by Gasteiger charge is -2.15. The third-order valence-corrected chi connectivity index (χ3v) is 4.29. The number of rotatable bonds is 5. The summed E-state index contributed by atoms with van der Waals surface area (Å²) < 4.78 is 39.6. The summed E-state index contributed by atoms with van der Waals surface area (Å²) in [5, 5.41) is 3.92. The minimum absolute atomic E-state index is 0.262. The van der Waals surface area contributed by atoms with Gasteiger partial charge in [0.2, 0.25) is 5.82 Å². The molecule has 3 rings (SSSR count). The molecule has 9 heteroatoms. The molecule has 0 fully saturated rings. The smallest absolute Gasteiger partial charge is 0.369 e. The van der Waals surface area contributed by atoms with Gasteiger partial charge in [-0.2, -0.15) is 13.2 Å². The Hall–Kier alpha value is -2.68. The average molecular weight is 378 g/mol. The number of halogens is 3. The lowest BCUT2D eigenvalue weighted by Crippen LogP contribution is -2.21. The molecule has 0 bridgehead atoms. The molecule has 0 aromatic carbocycles. The van der Waals surface area contributed by atoms with Crippen LogP contribution < -0.4 is 5.32 Å². The van der Waals surface area contributed by atoms with Gasteiger partial charge >= 0.3 is 6.18 Å². The largest absolute Gasteiger partial charge is 0.451 e. The van der Waals surface area contributed by atoms with Crippen molar-refractivity contribution in [3.63, 3.8) is 0 Å². The standard InChI is InChI=1S/C18H21F3N6/c1-10-11(2)24-17(18(19,20)21)26-15(10)13-9-14(22-7-8-27(3)4)25-16-12(13)5-6-23-16/h5-6,9H,7-8H2,1-4H3,(H2,22,23,25). The number of fused-ring (bicyclic) bond motifs is 1. The van der Waals surface area contributed by atoms with Gasteiger partial charge in [0.05, 0.1) is 5.69 Å². The molecule has 3 aromatic rings. The number of nitrogens with one attached hydrogen (secondary N) is 2. The van der Waals surface area contributed by atoms with E-state index >= 15 is 0 Å². The highest BCUT2D eigenvalue weighted by molar-refractivity contribution is 5.94. The molecule has 0 aliphatic heterocycles. The fourth-order valence-electron chi connectivity index (χ4n) is 2.75. The normalized spacial score (nSPS) is 12.1. The van der Waals surface area contributed by atoms with Crippen LogP contribution in [0, 0.1) is 13.8 Å². The van der Waals surface area contributed by atoms with E-state index in [2.05, 4.69) is 25.3 Å². The van der Waals surface area contributed by atoms with Crippen molar-refractivity contribution in [3.8, 4) is 11.3 Å². The molecule has 3 aromatic heterocycles. The van der Waals surface area contributed by atoms with Crippen molar-refractivity contribution in [1.29, 1.82) is 0 Å². The number of hydrogen-bond acceptors (Lipinski definition) is 5. The number of nitrogens with zero attached hydrogens (tertiary/aromatic N) is 4. The molecule has 2 N–H and O–H groups in total. The predicted octanol–water partition coefficient (Wildman–Crippen LogP) is 3.63. The van der Waals surface area contributed by atoms with E-state index in [1.165, 1.54) is 0 Å². The number of alkyl halides is 3. The molecule has 0 aliphatic rings. The molecule has 0 spiro atoms. The molecule has 0 unspecified atom stereocenters. The first kappa shape index (κ1) is 19.1. The topological polar surface area (TPSA) is 69.7 Å². The van der Waals surface area contributed by atoms with Gasteiger partial charge in [0.25, 0.3) is 0 Å². The van der Waals surface area contributed by atoms with Crippen LogP contribution in [0.1, 0.15) is 17.1 Å². The molecule has 3 heterocycles. The number of H-pyrrole nitrogens is 1. The Morgan fingerprint density at radius 3 is 2.56 bits per heavy atom. The number of anilines is 1. The van der Waals surface area contributed by atoms with E-state index in [9.17, 15) is 13.2 Å². The Balaban J connectivity index is 2.13. The summed E-state index contributed by atoms with van der Waals surface area (Å²) in [6.07, 6.45) is -2.90. The molecular weight excluding hydrogens is 357 g/mol. The molecule has 6 nitrogen and oxygen atoms in total. The third-order valence-electron chi connectivity index (χ3n) is 4.29. The van der Waals surface area contributed by atoms with Crippen LogP contribution in [0.4, 0.5) is 19.0 Å². The molecular formula is C18H21F3N6. The maximum atomic E-state index is 13.2. The molecule has 0 radical (unpaired) electrons. The van der Waals surface area contributed by atoms with Gasteiger partial charge in [0.1, 0.15) is 11.5 Å². The summed E-state index contributed by atoms with van der Waals surface area (Å²) in [5.41, 5.74) is 2.34. The molecule has 0 saturated carbocycles. The highest BCUT2D eigenvalue weighted by Crippen LogP contribution is 2.34. The van der Waals surface area contributed by atoms with Crippen LogP contribution in [-0.4, -0.2) is 52.0 Å². The minimum Gasteiger partial charge on any atom is -0.369 e. The van der Waals surface area contributed by atoms with Gasteiger partial charge in [0, 0.05) is 35.9 Å². The van der Waals surface area contributed by atoms with Crippen LogP contribution in [0.25, 0.3) is 22.3 Å². The van der Waals surface area contributed by atoms with Gasteiger partial charge in [-0.3, -0.25) is 0 Å². The van der Waals surface area contributed by atoms with Gasteiger partial charge in [-0.25, -0.2) is 15.0 Å².